The minimum absolute atomic E-state index is 0.0191. The molecule has 0 amide bonds. The third kappa shape index (κ3) is 2.89. The van der Waals surface area contributed by atoms with Crippen LogP contribution >= 0.6 is 0 Å². The Balaban J connectivity index is 1.68. The summed E-state index contributed by atoms with van der Waals surface area (Å²) in [6.07, 6.45) is 9.63. The minimum atomic E-state index is -0.529. The molecule has 3 heteroatoms. The zero-order valence-electron chi connectivity index (χ0n) is 19.0. The second kappa shape index (κ2) is 6.96. The van der Waals surface area contributed by atoms with Crippen molar-refractivity contribution in [2.45, 2.75) is 98.2 Å². The van der Waals surface area contributed by atoms with Gasteiger partial charge >= 0.3 is 0 Å². The first-order valence-corrected chi connectivity index (χ1v) is 11.7. The van der Waals surface area contributed by atoms with Gasteiger partial charge in [-0.1, -0.05) is 46.3 Å². The molecule has 1 saturated carbocycles. The molecule has 4 aliphatic carbocycles. The van der Waals surface area contributed by atoms with E-state index in [0.29, 0.717) is 11.8 Å². The Morgan fingerprint density at radius 2 is 1.86 bits per heavy atom. The molecule has 0 saturated heterocycles. The number of rotatable bonds is 3. The maximum absolute atomic E-state index is 10.7. The summed E-state index contributed by atoms with van der Waals surface area (Å²) >= 11 is 0. The van der Waals surface area contributed by atoms with Crippen LogP contribution in [0.4, 0.5) is 0 Å². The van der Waals surface area contributed by atoms with E-state index in [1.54, 1.807) is 16.7 Å². The Kier molecular flexibility index (Phi) is 5.07. The van der Waals surface area contributed by atoms with Gasteiger partial charge in [0.05, 0.1) is 24.7 Å². The van der Waals surface area contributed by atoms with E-state index in [4.69, 9.17) is 5.26 Å². The van der Waals surface area contributed by atoms with Crippen molar-refractivity contribution in [2.24, 2.45) is 34.0 Å². The predicted octanol–water partition coefficient (Wildman–Crippen LogP) is 5.54. The average Bonchev–Trinajstić information content (AvgIpc) is 3.02. The van der Waals surface area contributed by atoms with E-state index in [9.17, 15) is 10.2 Å². The maximum Gasteiger partial charge on any atom is 0.0698 e. The van der Waals surface area contributed by atoms with Crippen LogP contribution in [0.5, 0.6) is 0 Å². The molecule has 160 valence electrons. The van der Waals surface area contributed by atoms with Crippen molar-refractivity contribution in [1.29, 1.82) is 5.26 Å². The molecule has 0 aromatic carbocycles. The van der Waals surface area contributed by atoms with Crippen molar-refractivity contribution in [3.63, 3.8) is 0 Å². The fourth-order valence-electron chi connectivity index (χ4n) is 8.06. The first-order valence-electron chi connectivity index (χ1n) is 11.7. The molecule has 3 nitrogen and oxygen atoms in total. The van der Waals surface area contributed by atoms with Gasteiger partial charge in [-0.3, -0.25) is 0 Å². The number of hydrogen-bond acceptors (Lipinski definition) is 3. The largest absolute Gasteiger partial charge is 0.393 e. The van der Waals surface area contributed by atoms with Crippen molar-refractivity contribution in [3.8, 4) is 6.07 Å². The molecule has 29 heavy (non-hydrogen) atoms. The number of allylic oxidation sites excluding steroid dienone is 4. The van der Waals surface area contributed by atoms with Crippen molar-refractivity contribution in [3.05, 3.63) is 22.8 Å². The molecule has 0 heterocycles. The number of aliphatic hydroxyl groups excluding tert-OH is 2. The molecule has 4 rings (SSSR count). The fourth-order valence-corrected chi connectivity index (χ4v) is 8.06. The molecule has 0 radical (unpaired) electrons. The fraction of sp³-hybridized carbons (Fsp3) is 0.808. The van der Waals surface area contributed by atoms with Crippen LogP contribution in [0.1, 0.15) is 86.0 Å². The smallest absolute Gasteiger partial charge is 0.0698 e. The lowest BCUT2D eigenvalue weighted by Crippen LogP contribution is -2.53. The highest BCUT2D eigenvalue weighted by Crippen LogP contribution is 2.66. The van der Waals surface area contributed by atoms with Crippen LogP contribution in [0.2, 0.25) is 0 Å². The molecule has 0 unspecified atom stereocenters. The Bertz CT molecular complexity index is 787. The van der Waals surface area contributed by atoms with Gasteiger partial charge < -0.3 is 10.2 Å². The number of hydrogen-bond donors (Lipinski definition) is 2. The number of nitriles is 1. The lowest BCUT2D eigenvalue weighted by atomic mass is 9.46. The zero-order valence-corrected chi connectivity index (χ0v) is 19.0. The predicted molar refractivity (Wildman–Crippen MR) is 116 cm³/mol. The van der Waals surface area contributed by atoms with E-state index in [2.05, 4.69) is 46.8 Å². The van der Waals surface area contributed by atoms with E-state index >= 15 is 0 Å². The van der Waals surface area contributed by atoms with Gasteiger partial charge in [-0.15, -0.1) is 0 Å². The van der Waals surface area contributed by atoms with E-state index in [1.165, 1.54) is 6.42 Å². The number of aliphatic hydroxyl groups is 2. The lowest BCUT2D eigenvalue weighted by Gasteiger charge is -2.59. The van der Waals surface area contributed by atoms with Crippen molar-refractivity contribution >= 4 is 0 Å². The summed E-state index contributed by atoms with van der Waals surface area (Å²) in [6, 6.07) is 2.15. The number of nitrogens with zero attached hydrogens (tertiary/aromatic N) is 1. The summed E-state index contributed by atoms with van der Waals surface area (Å²) in [5, 5.41) is 30.2. The van der Waals surface area contributed by atoms with E-state index in [0.717, 1.165) is 38.5 Å². The van der Waals surface area contributed by atoms with Gasteiger partial charge in [0.1, 0.15) is 0 Å². The Morgan fingerprint density at radius 1 is 1.14 bits per heavy atom. The van der Waals surface area contributed by atoms with Gasteiger partial charge in [-0.25, -0.2) is 0 Å². The van der Waals surface area contributed by atoms with Crippen LogP contribution in [-0.2, 0) is 0 Å². The second-order valence-electron chi connectivity index (χ2n) is 11.5. The van der Waals surface area contributed by atoms with E-state index in [-0.39, 0.29) is 34.7 Å². The highest BCUT2D eigenvalue weighted by molar-refractivity contribution is 5.49. The summed E-state index contributed by atoms with van der Waals surface area (Å²) < 4.78 is 0. The van der Waals surface area contributed by atoms with Gasteiger partial charge in [0.25, 0.3) is 0 Å². The molecule has 7 atom stereocenters. The minimum Gasteiger partial charge on any atom is -0.393 e. The average molecular weight is 398 g/mol. The molecule has 0 aromatic rings. The van der Waals surface area contributed by atoms with Gasteiger partial charge in [-0.05, 0) is 90.1 Å². The van der Waals surface area contributed by atoms with Gasteiger partial charge in [0.15, 0.2) is 0 Å². The summed E-state index contributed by atoms with van der Waals surface area (Å²) in [5.41, 5.74) is 5.18. The van der Waals surface area contributed by atoms with Gasteiger partial charge in [-0.2, -0.15) is 5.26 Å². The molecular formula is C26H39NO2. The summed E-state index contributed by atoms with van der Waals surface area (Å²) in [5.74, 6) is 1.12. The van der Waals surface area contributed by atoms with Gasteiger partial charge in [0, 0.05) is 0 Å². The van der Waals surface area contributed by atoms with Crippen molar-refractivity contribution in [2.75, 3.05) is 0 Å². The molecular weight excluding hydrogens is 358 g/mol. The third-order valence-electron chi connectivity index (χ3n) is 9.97. The SMILES string of the molecule is C[C@H]([C@H](O)CC#N)[C@H]1CC=C2C3=C(CC[C@@]21C)[C@@]1(C)CC[C@H](O)C(C)(C)[C@@H]1CC3. The summed E-state index contributed by atoms with van der Waals surface area (Å²) in [7, 11) is 0. The highest BCUT2D eigenvalue weighted by Gasteiger charge is 2.57. The summed E-state index contributed by atoms with van der Waals surface area (Å²) in [6.45, 7) is 11.6. The van der Waals surface area contributed by atoms with Crippen LogP contribution in [-0.4, -0.2) is 22.4 Å². The normalized spacial score (nSPS) is 42.8. The molecule has 0 bridgehead atoms. The van der Waals surface area contributed by atoms with Crippen molar-refractivity contribution < 1.29 is 10.2 Å². The highest BCUT2D eigenvalue weighted by atomic mass is 16.3. The molecule has 0 spiro atoms. The standard InChI is InChI=1S/C26H39NO2/c1-16(21(28)12-15-27)18-7-8-19-17-6-9-22-24(2,3)23(29)11-14-26(22,5)20(17)10-13-25(18,19)4/h8,16,18,21-23,28-29H,6-7,9-14H2,1-5H3/t16-,18+,21+,22-,23-,25+,26+/m0/s1. The zero-order chi connectivity index (χ0) is 21.2. The van der Waals surface area contributed by atoms with Crippen LogP contribution < -0.4 is 0 Å². The Hall–Kier alpha value is -1.11. The van der Waals surface area contributed by atoms with Gasteiger partial charge in [0.2, 0.25) is 0 Å². The first-order chi connectivity index (χ1) is 13.6. The molecule has 1 fully saturated rings. The topological polar surface area (TPSA) is 64.2 Å². The van der Waals surface area contributed by atoms with Crippen LogP contribution in [0.25, 0.3) is 0 Å². The molecule has 0 aromatic heterocycles. The second-order valence-corrected chi connectivity index (χ2v) is 11.5. The number of fused-ring (bicyclic) bond motifs is 4. The molecule has 0 aliphatic heterocycles. The Morgan fingerprint density at radius 3 is 2.55 bits per heavy atom. The first kappa shape index (κ1) is 21.1. The monoisotopic (exact) mass is 397 g/mol. The van der Waals surface area contributed by atoms with Crippen LogP contribution in [0, 0.1) is 45.3 Å². The van der Waals surface area contributed by atoms with Crippen LogP contribution in [0.15, 0.2) is 22.8 Å². The Labute approximate surface area is 176 Å². The van der Waals surface area contributed by atoms with E-state index in [1.807, 2.05) is 0 Å². The third-order valence-corrected chi connectivity index (χ3v) is 9.97. The van der Waals surface area contributed by atoms with E-state index < -0.39 is 6.10 Å². The summed E-state index contributed by atoms with van der Waals surface area (Å²) in [4.78, 5) is 0. The van der Waals surface area contributed by atoms with Crippen molar-refractivity contribution in [1.82, 2.24) is 0 Å². The molecule has 2 N–H and O–H groups in total. The quantitative estimate of drug-likeness (QED) is 0.657. The van der Waals surface area contributed by atoms with Crippen LogP contribution in [0.3, 0.4) is 0 Å². The maximum atomic E-state index is 10.7. The molecule has 4 aliphatic rings. The lowest BCUT2D eigenvalue weighted by molar-refractivity contribution is -0.0906.